The Kier molecular flexibility index (Phi) is 4.01. The first-order valence-electron chi connectivity index (χ1n) is 7.93. The molecule has 0 atom stereocenters. The van der Waals surface area contributed by atoms with Crippen molar-refractivity contribution < 1.29 is 4.74 Å². The fourth-order valence-electron chi connectivity index (χ4n) is 2.83. The summed E-state index contributed by atoms with van der Waals surface area (Å²) in [4.78, 5) is 11.1. The Labute approximate surface area is 138 Å². The van der Waals surface area contributed by atoms with Crippen molar-refractivity contribution >= 4 is 5.95 Å². The van der Waals surface area contributed by atoms with Gasteiger partial charge in [-0.1, -0.05) is 23.4 Å². The predicted octanol–water partition coefficient (Wildman–Crippen LogP) is 2.17. The zero-order valence-corrected chi connectivity index (χ0v) is 13.0. The Bertz CT molecular complexity index is 770. The number of H-pyrrole nitrogens is 1. The average Bonchev–Trinajstić information content (AvgIpc) is 3.18. The summed E-state index contributed by atoms with van der Waals surface area (Å²) in [6.07, 6.45) is 3.63. The summed E-state index contributed by atoms with van der Waals surface area (Å²) in [6, 6.07) is 11.4. The molecule has 0 unspecified atom stereocenters. The van der Waals surface area contributed by atoms with Crippen molar-refractivity contribution in [3.63, 3.8) is 0 Å². The van der Waals surface area contributed by atoms with Crippen LogP contribution in [0.3, 0.4) is 0 Å². The second-order valence-electron chi connectivity index (χ2n) is 5.64. The largest absolute Gasteiger partial charge is 0.439 e. The summed E-state index contributed by atoms with van der Waals surface area (Å²) in [6.45, 7) is 1.71. The number of rotatable bonds is 4. The summed E-state index contributed by atoms with van der Waals surface area (Å²) in [7, 11) is 0. The maximum absolute atomic E-state index is 5.78. The van der Waals surface area contributed by atoms with Gasteiger partial charge in [-0.05, 0) is 25.0 Å². The Morgan fingerprint density at radius 3 is 2.67 bits per heavy atom. The van der Waals surface area contributed by atoms with E-state index in [-0.39, 0.29) is 0 Å². The molecule has 3 heterocycles. The second kappa shape index (κ2) is 6.61. The van der Waals surface area contributed by atoms with Crippen LogP contribution in [0.25, 0.3) is 0 Å². The van der Waals surface area contributed by atoms with E-state index in [1.807, 2.05) is 30.3 Å². The molecule has 1 N–H and O–H groups in total. The number of ether oxygens (including phenoxy) is 1. The number of aromatic nitrogens is 6. The molecule has 8 nitrogen and oxygen atoms in total. The number of nitrogens with one attached hydrogen (secondary N) is 1. The lowest BCUT2D eigenvalue weighted by molar-refractivity contribution is 0.453. The minimum Gasteiger partial charge on any atom is -0.439 e. The van der Waals surface area contributed by atoms with Crippen LogP contribution in [0.1, 0.15) is 24.6 Å². The first-order valence-corrected chi connectivity index (χ1v) is 7.93. The van der Waals surface area contributed by atoms with Gasteiger partial charge in [-0.25, -0.2) is 4.98 Å². The molecule has 1 fully saturated rings. The molecule has 0 radical (unpaired) electrons. The molecule has 0 spiro atoms. The molecule has 122 valence electrons. The number of benzene rings is 1. The Morgan fingerprint density at radius 1 is 1.08 bits per heavy atom. The molecule has 24 heavy (non-hydrogen) atoms. The smallest absolute Gasteiger partial charge is 0.228 e. The minimum atomic E-state index is 0.337. The molecule has 0 bridgehead atoms. The average molecular weight is 323 g/mol. The van der Waals surface area contributed by atoms with Crippen molar-refractivity contribution in [3.8, 4) is 11.6 Å². The normalized spacial score (nSPS) is 15.4. The molecule has 0 saturated carbocycles. The van der Waals surface area contributed by atoms with Gasteiger partial charge in [0.15, 0.2) is 5.82 Å². The van der Waals surface area contributed by atoms with Gasteiger partial charge in [-0.3, -0.25) is 0 Å². The van der Waals surface area contributed by atoms with Gasteiger partial charge >= 0.3 is 0 Å². The van der Waals surface area contributed by atoms with Crippen molar-refractivity contribution in [1.29, 1.82) is 0 Å². The van der Waals surface area contributed by atoms with Crippen LogP contribution < -0.4 is 9.64 Å². The van der Waals surface area contributed by atoms with E-state index >= 15 is 0 Å². The van der Waals surface area contributed by atoms with E-state index in [4.69, 9.17) is 4.74 Å². The van der Waals surface area contributed by atoms with Crippen LogP contribution in [-0.4, -0.2) is 43.7 Å². The van der Waals surface area contributed by atoms with E-state index in [9.17, 15) is 0 Å². The van der Waals surface area contributed by atoms with E-state index in [1.54, 1.807) is 12.3 Å². The van der Waals surface area contributed by atoms with Crippen molar-refractivity contribution in [3.05, 3.63) is 48.4 Å². The zero-order chi connectivity index (χ0) is 16.2. The molecule has 1 aliphatic rings. The van der Waals surface area contributed by atoms with Crippen LogP contribution in [-0.2, 0) is 0 Å². The Balaban J connectivity index is 1.43. The Morgan fingerprint density at radius 2 is 1.92 bits per heavy atom. The van der Waals surface area contributed by atoms with Gasteiger partial charge in [0.1, 0.15) is 5.75 Å². The van der Waals surface area contributed by atoms with E-state index in [2.05, 4.69) is 35.5 Å². The maximum Gasteiger partial charge on any atom is 0.228 e. The van der Waals surface area contributed by atoms with Gasteiger partial charge < -0.3 is 9.64 Å². The highest BCUT2D eigenvalue weighted by molar-refractivity contribution is 5.35. The summed E-state index contributed by atoms with van der Waals surface area (Å²) in [5.41, 5.74) is 0. The molecule has 8 heteroatoms. The van der Waals surface area contributed by atoms with Crippen LogP contribution in [0, 0.1) is 0 Å². The van der Waals surface area contributed by atoms with E-state index in [1.165, 1.54) is 0 Å². The summed E-state index contributed by atoms with van der Waals surface area (Å²) >= 11 is 0. The van der Waals surface area contributed by atoms with Gasteiger partial charge in [0.05, 0.1) is 0 Å². The van der Waals surface area contributed by atoms with E-state index < -0.39 is 0 Å². The summed E-state index contributed by atoms with van der Waals surface area (Å²) in [5.74, 6) is 3.12. The lowest BCUT2D eigenvalue weighted by atomic mass is 9.96. The maximum atomic E-state index is 5.78. The van der Waals surface area contributed by atoms with E-state index in [0.717, 1.165) is 37.5 Å². The number of hydrogen-bond acceptors (Lipinski definition) is 7. The number of tetrazole rings is 1. The van der Waals surface area contributed by atoms with Crippen molar-refractivity contribution in [2.45, 2.75) is 18.8 Å². The van der Waals surface area contributed by atoms with Crippen molar-refractivity contribution in [2.24, 2.45) is 0 Å². The van der Waals surface area contributed by atoms with Gasteiger partial charge in [-0.15, -0.1) is 10.2 Å². The highest BCUT2D eigenvalue weighted by atomic mass is 16.5. The third kappa shape index (κ3) is 3.17. The molecule has 1 aromatic carbocycles. The molecular formula is C16H17N7O. The SMILES string of the molecule is c1ccc(Oc2ccnc(N3CCC(c4nn[nH]n4)CC3)n2)cc1. The van der Waals surface area contributed by atoms with Gasteiger partial charge in [0.25, 0.3) is 0 Å². The number of nitrogens with zero attached hydrogens (tertiary/aromatic N) is 6. The number of para-hydroxylation sites is 1. The molecule has 1 saturated heterocycles. The lowest BCUT2D eigenvalue weighted by Gasteiger charge is -2.30. The van der Waals surface area contributed by atoms with Crippen LogP contribution in [0.4, 0.5) is 5.95 Å². The highest BCUT2D eigenvalue weighted by Gasteiger charge is 2.25. The first kappa shape index (κ1) is 14.6. The topological polar surface area (TPSA) is 92.7 Å². The third-order valence-corrected chi connectivity index (χ3v) is 4.09. The standard InChI is InChI=1S/C16H17N7O/c1-2-4-13(5-3-1)24-14-6-9-17-16(18-14)23-10-7-12(8-11-23)15-19-21-22-20-15/h1-6,9,12H,7-8,10-11H2,(H,19,20,21,22). The van der Waals surface area contributed by atoms with Crippen LogP contribution >= 0.6 is 0 Å². The number of aromatic amines is 1. The third-order valence-electron chi connectivity index (χ3n) is 4.09. The molecule has 0 amide bonds. The monoisotopic (exact) mass is 323 g/mol. The molecule has 1 aliphatic heterocycles. The van der Waals surface area contributed by atoms with Crippen LogP contribution in [0.2, 0.25) is 0 Å². The minimum absolute atomic E-state index is 0.337. The zero-order valence-electron chi connectivity index (χ0n) is 13.0. The van der Waals surface area contributed by atoms with Gasteiger partial charge in [0, 0.05) is 31.3 Å². The lowest BCUT2D eigenvalue weighted by Crippen LogP contribution is -2.34. The second-order valence-corrected chi connectivity index (χ2v) is 5.64. The first-order chi connectivity index (χ1) is 11.9. The summed E-state index contributed by atoms with van der Waals surface area (Å²) < 4.78 is 5.78. The fraction of sp³-hybridized carbons (Fsp3) is 0.312. The molecule has 0 aliphatic carbocycles. The Hall–Kier alpha value is -3.03. The van der Waals surface area contributed by atoms with Crippen molar-refractivity contribution in [1.82, 2.24) is 30.6 Å². The number of piperidine rings is 1. The van der Waals surface area contributed by atoms with Crippen molar-refractivity contribution in [2.75, 3.05) is 18.0 Å². The molecular weight excluding hydrogens is 306 g/mol. The number of anilines is 1. The van der Waals surface area contributed by atoms with Crippen LogP contribution in [0.15, 0.2) is 42.6 Å². The van der Waals surface area contributed by atoms with E-state index in [0.29, 0.717) is 17.7 Å². The fourth-order valence-corrected chi connectivity index (χ4v) is 2.83. The molecule has 4 rings (SSSR count). The van der Waals surface area contributed by atoms with Gasteiger partial charge in [0.2, 0.25) is 11.8 Å². The molecule has 3 aromatic rings. The highest BCUT2D eigenvalue weighted by Crippen LogP contribution is 2.27. The quantitative estimate of drug-likeness (QED) is 0.786. The molecule has 2 aromatic heterocycles. The predicted molar refractivity (Wildman–Crippen MR) is 86.9 cm³/mol. The number of hydrogen-bond donors (Lipinski definition) is 1. The van der Waals surface area contributed by atoms with Crippen LogP contribution in [0.5, 0.6) is 11.6 Å². The van der Waals surface area contributed by atoms with Gasteiger partial charge in [-0.2, -0.15) is 10.2 Å². The summed E-state index contributed by atoms with van der Waals surface area (Å²) in [5, 5.41) is 14.3.